The zero-order valence-electron chi connectivity index (χ0n) is 16.6. The Bertz CT molecular complexity index is 927. The van der Waals surface area contributed by atoms with Crippen LogP contribution in [0.1, 0.15) is 40.7 Å². The van der Waals surface area contributed by atoms with Crippen LogP contribution >= 0.6 is 0 Å². The maximum atomic E-state index is 13.0. The number of methoxy groups -OCH3 is 1. The summed E-state index contributed by atoms with van der Waals surface area (Å²) in [5.41, 5.74) is 3.04. The van der Waals surface area contributed by atoms with Gasteiger partial charge in [-0.2, -0.15) is 0 Å². The number of Topliss-reactive ketones (excluding diaryl/α,β-unsaturated/α-hetero) is 1. The maximum Gasteiger partial charge on any atom is 0.338 e. The Kier molecular flexibility index (Phi) is 5.38. The minimum absolute atomic E-state index is 0.0923. The van der Waals surface area contributed by atoms with Crippen molar-refractivity contribution in [1.82, 2.24) is 0 Å². The van der Waals surface area contributed by atoms with Gasteiger partial charge in [-0.05, 0) is 49.6 Å². The second-order valence-electron chi connectivity index (χ2n) is 7.61. The molecule has 150 valence electrons. The number of ether oxygens (including phenoxy) is 3. The molecule has 2 aromatic carbocycles. The largest absolute Gasteiger partial charge is 0.497 e. The van der Waals surface area contributed by atoms with E-state index in [1.807, 2.05) is 43.3 Å². The quantitative estimate of drug-likeness (QED) is 0.725. The van der Waals surface area contributed by atoms with Crippen LogP contribution in [-0.4, -0.2) is 31.1 Å². The van der Waals surface area contributed by atoms with E-state index in [9.17, 15) is 9.59 Å². The van der Waals surface area contributed by atoms with E-state index in [1.54, 1.807) is 25.5 Å². The first kappa shape index (κ1) is 19.2. The number of carbonyl (C=O) groups is 2. The van der Waals surface area contributed by atoms with Crippen LogP contribution in [0.2, 0.25) is 0 Å². The smallest absolute Gasteiger partial charge is 0.338 e. The van der Waals surface area contributed by atoms with Crippen LogP contribution < -0.4 is 4.74 Å². The van der Waals surface area contributed by atoms with Crippen molar-refractivity contribution in [3.63, 3.8) is 0 Å². The lowest BCUT2D eigenvalue weighted by atomic mass is 9.78. The minimum atomic E-state index is -0.329. The van der Waals surface area contributed by atoms with Crippen molar-refractivity contribution in [3.05, 3.63) is 71.5 Å². The normalized spacial score (nSPS) is 23.4. The number of ketones is 1. The molecule has 0 aromatic heterocycles. The molecule has 0 bridgehead atoms. The van der Waals surface area contributed by atoms with Gasteiger partial charge in [0.2, 0.25) is 0 Å². The summed E-state index contributed by atoms with van der Waals surface area (Å²) >= 11 is 0. The molecular weight excluding hydrogens is 368 g/mol. The number of esters is 1. The van der Waals surface area contributed by atoms with Crippen LogP contribution in [0.4, 0.5) is 0 Å². The number of benzene rings is 2. The first-order chi connectivity index (χ1) is 14.0. The van der Waals surface area contributed by atoms with Gasteiger partial charge in [0.25, 0.3) is 0 Å². The minimum Gasteiger partial charge on any atom is -0.497 e. The average molecular weight is 392 g/mol. The van der Waals surface area contributed by atoms with Crippen molar-refractivity contribution in [2.75, 3.05) is 7.11 Å². The van der Waals surface area contributed by atoms with Crippen molar-refractivity contribution in [1.29, 1.82) is 0 Å². The third kappa shape index (κ3) is 4.04. The molecule has 3 unspecified atom stereocenters. The number of hydrogen-bond donors (Lipinski definition) is 0. The molecule has 0 amide bonds. The van der Waals surface area contributed by atoms with Gasteiger partial charge in [0.1, 0.15) is 18.0 Å². The zero-order valence-corrected chi connectivity index (χ0v) is 16.6. The molecule has 4 rings (SSSR count). The van der Waals surface area contributed by atoms with Gasteiger partial charge in [-0.15, -0.1) is 0 Å². The summed E-state index contributed by atoms with van der Waals surface area (Å²) in [6, 6.07) is 14.7. The molecule has 5 nitrogen and oxygen atoms in total. The summed E-state index contributed by atoms with van der Waals surface area (Å²) in [5, 5.41) is 0. The SMILES string of the molecule is COc1ccc(C2=COC3CC(OC(=O)c4ccc(C)cc4)CCC3C2=O)cc1. The Balaban J connectivity index is 1.42. The van der Waals surface area contributed by atoms with E-state index < -0.39 is 0 Å². The van der Waals surface area contributed by atoms with E-state index in [2.05, 4.69) is 0 Å². The molecular formula is C24H24O5. The monoisotopic (exact) mass is 392 g/mol. The summed E-state index contributed by atoms with van der Waals surface area (Å²) in [7, 11) is 1.61. The molecule has 29 heavy (non-hydrogen) atoms. The van der Waals surface area contributed by atoms with Crippen LogP contribution in [0, 0.1) is 12.8 Å². The summed E-state index contributed by atoms with van der Waals surface area (Å²) in [6.45, 7) is 1.97. The molecule has 2 aromatic rings. The molecule has 1 fully saturated rings. The molecule has 1 saturated carbocycles. The molecule has 2 aliphatic rings. The summed E-state index contributed by atoms with van der Waals surface area (Å²) in [5.74, 6) is 0.304. The van der Waals surface area contributed by atoms with Gasteiger partial charge in [0, 0.05) is 6.42 Å². The molecule has 0 N–H and O–H groups in total. The van der Waals surface area contributed by atoms with E-state index >= 15 is 0 Å². The molecule has 5 heteroatoms. The van der Waals surface area contributed by atoms with Gasteiger partial charge in [-0.1, -0.05) is 29.8 Å². The Hall–Kier alpha value is -3.08. The van der Waals surface area contributed by atoms with E-state index in [4.69, 9.17) is 14.2 Å². The first-order valence-electron chi connectivity index (χ1n) is 9.87. The van der Waals surface area contributed by atoms with Gasteiger partial charge in [-0.3, -0.25) is 4.79 Å². The van der Waals surface area contributed by atoms with Gasteiger partial charge >= 0.3 is 5.97 Å². The third-order valence-corrected chi connectivity index (χ3v) is 5.67. The molecule has 3 atom stereocenters. The maximum absolute atomic E-state index is 13.0. The predicted octanol–water partition coefficient (Wildman–Crippen LogP) is 4.34. The molecule has 1 heterocycles. The highest BCUT2D eigenvalue weighted by molar-refractivity contribution is 6.22. The van der Waals surface area contributed by atoms with Gasteiger partial charge in [0.15, 0.2) is 5.78 Å². The summed E-state index contributed by atoms with van der Waals surface area (Å²) in [4.78, 5) is 25.4. The topological polar surface area (TPSA) is 61.8 Å². The van der Waals surface area contributed by atoms with Crippen LogP contribution in [-0.2, 0) is 14.3 Å². The zero-order chi connectivity index (χ0) is 20.4. The lowest BCUT2D eigenvalue weighted by Gasteiger charge is -2.37. The highest BCUT2D eigenvalue weighted by Crippen LogP contribution is 2.37. The van der Waals surface area contributed by atoms with Gasteiger partial charge in [0.05, 0.1) is 30.4 Å². The summed E-state index contributed by atoms with van der Waals surface area (Å²) in [6.07, 6.45) is 2.88. The van der Waals surface area contributed by atoms with Gasteiger partial charge in [-0.25, -0.2) is 4.79 Å². The Labute approximate surface area is 170 Å². The number of allylic oxidation sites excluding steroid dienone is 1. The van der Waals surface area contributed by atoms with Crippen molar-refractivity contribution in [2.24, 2.45) is 5.92 Å². The molecule has 1 aliphatic heterocycles. The Morgan fingerprint density at radius 3 is 2.45 bits per heavy atom. The number of carbonyl (C=O) groups excluding carboxylic acids is 2. The fourth-order valence-corrected chi connectivity index (χ4v) is 3.95. The Morgan fingerprint density at radius 1 is 1.03 bits per heavy atom. The van der Waals surface area contributed by atoms with Crippen molar-refractivity contribution >= 4 is 17.3 Å². The predicted molar refractivity (Wildman–Crippen MR) is 109 cm³/mol. The van der Waals surface area contributed by atoms with E-state index in [0.29, 0.717) is 30.4 Å². The number of rotatable bonds is 4. The van der Waals surface area contributed by atoms with E-state index in [-0.39, 0.29) is 29.9 Å². The molecule has 1 aliphatic carbocycles. The lowest BCUT2D eigenvalue weighted by molar-refractivity contribution is -0.126. The van der Waals surface area contributed by atoms with Crippen molar-refractivity contribution in [3.8, 4) is 5.75 Å². The Morgan fingerprint density at radius 2 is 1.76 bits per heavy atom. The summed E-state index contributed by atoms with van der Waals surface area (Å²) < 4.78 is 16.8. The molecule has 0 spiro atoms. The molecule has 0 radical (unpaired) electrons. The standard InChI is InChI=1S/C24H24O5/c1-15-3-5-17(6-4-15)24(26)29-19-11-12-20-22(13-19)28-14-21(23(20)25)16-7-9-18(27-2)10-8-16/h3-10,14,19-20,22H,11-13H2,1-2H3. The second-order valence-corrected chi connectivity index (χ2v) is 7.61. The highest BCUT2D eigenvalue weighted by atomic mass is 16.5. The highest BCUT2D eigenvalue weighted by Gasteiger charge is 2.41. The number of fused-ring (bicyclic) bond motifs is 1. The van der Waals surface area contributed by atoms with Crippen LogP contribution in [0.3, 0.4) is 0 Å². The second kappa shape index (κ2) is 8.11. The van der Waals surface area contributed by atoms with E-state index in [0.717, 1.165) is 16.9 Å². The lowest BCUT2D eigenvalue weighted by Crippen LogP contribution is -2.41. The fourth-order valence-electron chi connectivity index (χ4n) is 3.95. The number of aryl methyl sites for hydroxylation is 1. The number of hydrogen-bond acceptors (Lipinski definition) is 5. The third-order valence-electron chi connectivity index (χ3n) is 5.67. The van der Waals surface area contributed by atoms with E-state index in [1.165, 1.54) is 0 Å². The average Bonchev–Trinajstić information content (AvgIpc) is 2.74. The van der Waals surface area contributed by atoms with Crippen molar-refractivity contribution < 1.29 is 23.8 Å². The van der Waals surface area contributed by atoms with Crippen LogP contribution in [0.5, 0.6) is 5.75 Å². The fraction of sp³-hybridized carbons (Fsp3) is 0.333. The van der Waals surface area contributed by atoms with Crippen LogP contribution in [0.15, 0.2) is 54.8 Å². The molecule has 0 saturated heterocycles. The van der Waals surface area contributed by atoms with Gasteiger partial charge < -0.3 is 14.2 Å². The first-order valence-corrected chi connectivity index (χ1v) is 9.87. The van der Waals surface area contributed by atoms with Crippen molar-refractivity contribution in [2.45, 2.75) is 38.4 Å². The van der Waals surface area contributed by atoms with Crippen LogP contribution in [0.25, 0.3) is 5.57 Å².